The number of anilines is 1. The van der Waals surface area contributed by atoms with E-state index in [1.807, 2.05) is 6.07 Å². The molecule has 0 heterocycles. The van der Waals surface area contributed by atoms with Crippen molar-refractivity contribution in [2.45, 2.75) is 13.5 Å². The van der Waals surface area contributed by atoms with Gasteiger partial charge < -0.3 is 10.1 Å². The molecule has 0 aliphatic carbocycles. The van der Waals surface area contributed by atoms with E-state index in [4.69, 9.17) is 4.74 Å². The topological polar surface area (TPSA) is 38.3 Å². The third kappa shape index (κ3) is 4.29. The lowest BCUT2D eigenvalue weighted by atomic mass is 10.2. The van der Waals surface area contributed by atoms with E-state index in [0.29, 0.717) is 23.2 Å². The molecule has 2 aromatic rings. The first-order valence-corrected chi connectivity index (χ1v) is 7.34. The molecule has 0 unspecified atom stereocenters. The zero-order chi connectivity index (χ0) is 15.2. The van der Waals surface area contributed by atoms with Crippen LogP contribution in [0.25, 0.3) is 0 Å². The monoisotopic (exact) mass is 351 g/mol. The Labute approximate surface area is 131 Å². The Bertz CT molecular complexity index is 646. The maximum atomic E-state index is 13.2. The van der Waals surface area contributed by atoms with Crippen molar-refractivity contribution in [3.05, 3.63) is 63.9 Å². The van der Waals surface area contributed by atoms with Gasteiger partial charge in [-0.15, -0.1) is 0 Å². The molecule has 0 bridgehead atoms. The van der Waals surface area contributed by atoms with Crippen molar-refractivity contribution < 1.29 is 13.9 Å². The van der Waals surface area contributed by atoms with E-state index < -0.39 is 0 Å². The standard InChI is InChI=1S/C16H15BrFNO2/c1-2-21-16(20)12-4-3-5-13(9-12)19-10-11-6-7-15(18)14(17)8-11/h3-9,19H,2,10H2,1H3. The zero-order valence-electron chi connectivity index (χ0n) is 11.5. The van der Waals surface area contributed by atoms with Gasteiger partial charge in [-0.1, -0.05) is 12.1 Å². The highest BCUT2D eigenvalue weighted by molar-refractivity contribution is 9.10. The fourth-order valence-electron chi connectivity index (χ4n) is 1.82. The first-order chi connectivity index (χ1) is 10.1. The van der Waals surface area contributed by atoms with Crippen molar-refractivity contribution in [2.75, 3.05) is 11.9 Å². The quantitative estimate of drug-likeness (QED) is 0.812. The van der Waals surface area contributed by atoms with Crippen molar-refractivity contribution >= 4 is 27.6 Å². The summed E-state index contributed by atoms with van der Waals surface area (Å²) in [5, 5.41) is 3.19. The molecule has 0 aromatic heterocycles. The summed E-state index contributed by atoms with van der Waals surface area (Å²) in [4.78, 5) is 11.7. The highest BCUT2D eigenvalue weighted by Gasteiger charge is 2.07. The van der Waals surface area contributed by atoms with E-state index in [1.54, 1.807) is 37.3 Å². The minimum atomic E-state index is -0.342. The highest BCUT2D eigenvalue weighted by atomic mass is 79.9. The van der Waals surface area contributed by atoms with Crippen molar-refractivity contribution in [1.29, 1.82) is 0 Å². The average molecular weight is 352 g/mol. The molecule has 0 saturated carbocycles. The number of ether oxygens (including phenoxy) is 1. The van der Waals surface area contributed by atoms with Crippen LogP contribution in [0.2, 0.25) is 0 Å². The highest BCUT2D eigenvalue weighted by Crippen LogP contribution is 2.18. The smallest absolute Gasteiger partial charge is 0.338 e. The number of nitrogens with one attached hydrogen (secondary N) is 1. The van der Waals surface area contributed by atoms with Gasteiger partial charge in [0.1, 0.15) is 5.82 Å². The third-order valence-electron chi connectivity index (χ3n) is 2.85. The molecule has 0 fully saturated rings. The number of carbonyl (C=O) groups is 1. The van der Waals surface area contributed by atoms with Crippen molar-refractivity contribution in [3.8, 4) is 0 Å². The van der Waals surface area contributed by atoms with E-state index in [9.17, 15) is 9.18 Å². The Balaban J connectivity index is 2.04. The summed E-state index contributed by atoms with van der Waals surface area (Å²) in [6.07, 6.45) is 0. The number of benzene rings is 2. The molecule has 0 aliphatic rings. The second kappa shape index (κ2) is 7.22. The van der Waals surface area contributed by atoms with Crippen LogP contribution in [-0.2, 0) is 11.3 Å². The molecule has 0 amide bonds. The number of hydrogen-bond donors (Lipinski definition) is 1. The summed E-state index contributed by atoms with van der Waals surface area (Å²) < 4.78 is 18.6. The van der Waals surface area contributed by atoms with Gasteiger partial charge in [0, 0.05) is 12.2 Å². The molecule has 0 aliphatic heterocycles. The summed E-state index contributed by atoms with van der Waals surface area (Å²) in [6, 6.07) is 11.9. The van der Waals surface area contributed by atoms with Crippen molar-refractivity contribution in [3.63, 3.8) is 0 Å². The Hall–Kier alpha value is -1.88. The minimum Gasteiger partial charge on any atom is -0.462 e. The van der Waals surface area contributed by atoms with Gasteiger partial charge in [0.2, 0.25) is 0 Å². The molecule has 2 aromatic carbocycles. The number of halogens is 2. The first kappa shape index (κ1) is 15.5. The zero-order valence-corrected chi connectivity index (χ0v) is 13.1. The first-order valence-electron chi connectivity index (χ1n) is 6.55. The maximum Gasteiger partial charge on any atom is 0.338 e. The van der Waals surface area contributed by atoms with Crippen LogP contribution >= 0.6 is 15.9 Å². The van der Waals surface area contributed by atoms with Gasteiger partial charge in [0.15, 0.2) is 0 Å². The van der Waals surface area contributed by atoms with Crippen LogP contribution in [0.3, 0.4) is 0 Å². The number of carbonyl (C=O) groups excluding carboxylic acids is 1. The molecule has 5 heteroatoms. The van der Waals surface area contributed by atoms with E-state index in [0.717, 1.165) is 11.3 Å². The molecule has 110 valence electrons. The lowest BCUT2D eigenvalue weighted by Gasteiger charge is -2.09. The normalized spacial score (nSPS) is 10.2. The van der Waals surface area contributed by atoms with Gasteiger partial charge in [-0.05, 0) is 58.7 Å². The van der Waals surface area contributed by atoms with E-state index in [2.05, 4.69) is 21.2 Å². The SMILES string of the molecule is CCOC(=O)c1cccc(NCc2ccc(F)c(Br)c2)c1. The van der Waals surface area contributed by atoms with E-state index in [-0.39, 0.29) is 11.8 Å². The minimum absolute atomic E-state index is 0.289. The van der Waals surface area contributed by atoms with Gasteiger partial charge in [-0.3, -0.25) is 0 Å². The average Bonchev–Trinajstić information content (AvgIpc) is 2.49. The van der Waals surface area contributed by atoms with Crippen LogP contribution in [-0.4, -0.2) is 12.6 Å². The van der Waals surface area contributed by atoms with Gasteiger partial charge in [-0.25, -0.2) is 9.18 Å². The van der Waals surface area contributed by atoms with Crippen molar-refractivity contribution in [1.82, 2.24) is 0 Å². The maximum absolute atomic E-state index is 13.2. The second-order valence-electron chi connectivity index (χ2n) is 4.40. The summed E-state index contributed by atoms with van der Waals surface area (Å²) in [5.41, 5.74) is 2.24. The predicted molar refractivity (Wildman–Crippen MR) is 83.8 cm³/mol. The second-order valence-corrected chi connectivity index (χ2v) is 5.26. The van der Waals surface area contributed by atoms with Crippen LogP contribution < -0.4 is 5.32 Å². The Kier molecular flexibility index (Phi) is 5.33. The molecule has 21 heavy (non-hydrogen) atoms. The predicted octanol–water partition coefficient (Wildman–Crippen LogP) is 4.38. The largest absolute Gasteiger partial charge is 0.462 e. The molecule has 1 N–H and O–H groups in total. The fraction of sp³-hybridized carbons (Fsp3) is 0.188. The van der Waals surface area contributed by atoms with Crippen LogP contribution in [0.15, 0.2) is 46.9 Å². The fourth-order valence-corrected chi connectivity index (χ4v) is 2.25. The molecular weight excluding hydrogens is 337 g/mol. The Morgan fingerprint density at radius 3 is 2.81 bits per heavy atom. The number of hydrogen-bond acceptors (Lipinski definition) is 3. The molecular formula is C16H15BrFNO2. The molecule has 2 rings (SSSR count). The summed E-state index contributed by atoms with van der Waals surface area (Å²) in [6.45, 7) is 2.65. The summed E-state index contributed by atoms with van der Waals surface area (Å²) in [5.74, 6) is -0.631. The Morgan fingerprint density at radius 1 is 1.29 bits per heavy atom. The molecule has 0 radical (unpaired) electrons. The van der Waals surface area contributed by atoms with Crippen LogP contribution in [0, 0.1) is 5.82 Å². The van der Waals surface area contributed by atoms with Crippen LogP contribution in [0.1, 0.15) is 22.8 Å². The Morgan fingerprint density at radius 2 is 2.10 bits per heavy atom. The summed E-state index contributed by atoms with van der Waals surface area (Å²) >= 11 is 3.16. The van der Waals surface area contributed by atoms with Crippen molar-refractivity contribution in [2.24, 2.45) is 0 Å². The van der Waals surface area contributed by atoms with Gasteiger partial charge in [0.05, 0.1) is 16.6 Å². The van der Waals surface area contributed by atoms with Gasteiger partial charge in [-0.2, -0.15) is 0 Å². The van der Waals surface area contributed by atoms with Crippen LogP contribution in [0.5, 0.6) is 0 Å². The number of rotatable bonds is 5. The van der Waals surface area contributed by atoms with Gasteiger partial charge in [0.25, 0.3) is 0 Å². The lowest BCUT2D eigenvalue weighted by Crippen LogP contribution is -2.06. The van der Waals surface area contributed by atoms with Crippen LogP contribution in [0.4, 0.5) is 10.1 Å². The molecule has 0 spiro atoms. The van der Waals surface area contributed by atoms with E-state index >= 15 is 0 Å². The van der Waals surface area contributed by atoms with Gasteiger partial charge >= 0.3 is 5.97 Å². The molecule has 0 atom stereocenters. The third-order valence-corrected chi connectivity index (χ3v) is 3.46. The molecule has 3 nitrogen and oxygen atoms in total. The lowest BCUT2D eigenvalue weighted by molar-refractivity contribution is 0.0526. The number of esters is 1. The van der Waals surface area contributed by atoms with E-state index in [1.165, 1.54) is 6.07 Å². The summed E-state index contributed by atoms with van der Waals surface area (Å²) in [7, 11) is 0. The molecule has 0 saturated heterocycles.